The lowest BCUT2D eigenvalue weighted by atomic mass is 10.00. The fourth-order valence-corrected chi connectivity index (χ4v) is 2.12. The summed E-state index contributed by atoms with van der Waals surface area (Å²) in [6.45, 7) is 1.87. The first-order valence-electron chi connectivity index (χ1n) is 5.56. The summed E-state index contributed by atoms with van der Waals surface area (Å²) in [5.74, 6) is 5.94. The highest BCUT2D eigenvalue weighted by atomic mass is 35.5. The molecule has 0 aliphatic rings. The second kappa shape index (κ2) is 5.52. The van der Waals surface area contributed by atoms with Crippen LogP contribution in [0.5, 0.6) is 0 Å². The van der Waals surface area contributed by atoms with Crippen LogP contribution < -0.4 is 11.3 Å². The molecule has 5 heteroatoms. The van der Waals surface area contributed by atoms with E-state index in [2.05, 4.69) is 5.43 Å². The number of hydrogen-bond donors (Lipinski definition) is 2. The molecule has 18 heavy (non-hydrogen) atoms. The third kappa shape index (κ3) is 2.72. The maximum absolute atomic E-state index is 13.1. The third-order valence-corrected chi connectivity index (χ3v) is 3.19. The predicted molar refractivity (Wildman–Crippen MR) is 68.6 cm³/mol. The van der Waals surface area contributed by atoms with E-state index in [0.29, 0.717) is 6.42 Å². The molecule has 0 fully saturated rings. The zero-order chi connectivity index (χ0) is 13.1. The Bertz CT molecular complexity index is 542. The first kappa shape index (κ1) is 13.1. The number of benzene rings is 1. The summed E-state index contributed by atoms with van der Waals surface area (Å²) in [7, 11) is 0. The fourth-order valence-electron chi connectivity index (χ4n) is 1.92. The van der Waals surface area contributed by atoms with Crippen LogP contribution in [0.3, 0.4) is 0 Å². The molecule has 1 unspecified atom stereocenters. The van der Waals surface area contributed by atoms with Gasteiger partial charge in [-0.3, -0.25) is 11.3 Å². The van der Waals surface area contributed by atoms with Gasteiger partial charge in [0.25, 0.3) is 0 Å². The zero-order valence-corrected chi connectivity index (χ0v) is 10.7. The maximum atomic E-state index is 13.1. The Morgan fingerprint density at radius 1 is 1.44 bits per heavy atom. The van der Waals surface area contributed by atoms with E-state index in [1.54, 1.807) is 18.4 Å². The zero-order valence-electron chi connectivity index (χ0n) is 9.91. The van der Waals surface area contributed by atoms with E-state index in [9.17, 15) is 4.39 Å². The number of furan rings is 1. The number of halogens is 2. The molecule has 0 bridgehead atoms. The van der Waals surface area contributed by atoms with Gasteiger partial charge in [0.15, 0.2) is 0 Å². The van der Waals surface area contributed by atoms with Crippen LogP contribution in [0.2, 0.25) is 5.02 Å². The number of aryl methyl sites for hydroxylation is 1. The summed E-state index contributed by atoms with van der Waals surface area (Å²) in [5.41, 5.74) is 4.62. The van der Waals surface area contributed by atoms with Crippen LogP contribution in [0.4, 0.5) is 4.39 Å². The highest BCUT2D eigenvalue weighted by Crippen LogP contribution is 2.24. The fraction of sp³-hybridized carbons (Fsp3) is 0.231. The minimum atomic E-state index is -0.419. The van der Waals surface area contributed by atoms with Gasteiger partial charge in [0.05, 0.1) is 17.3 Å². The smallest absolute Gasteiger partial charge is 0.141 e. The molecule has 0 radical (unpaired) electrons. The van der Waals surface area contributed by atoms with Gasteiger partial charge in [-0.05, 0) is 37.1 Å². The number of rotatable bonds is 4. The van der Waals surface area contributed by atoms with Gasteiger partial charge in [0, 0.05) is 5.56 Å². The lowest BCUT2D eigenvalue weighted by Gasteiger charge is -2.15. The normalized spacial score (nSPS) is 12.7. The maximum Gasteiger partial charge on any atom is 0.141 e. The molecule has 0 saturated carbocycles. The Hall–Kier alpha value is -1.36. The number of hydrogen-bond acceptors (Lipinski definition) is 3. The lowest BCUT2D eigenvalue weighted by Crippen LogP contribution is -2.29. The number of hydrazine groups is 1. The van der Waals surface area contributed by atoms with Crippen LogP contribution >= 0.6 is 11.6 Å². The van der Waals surface area contributed by atoms with E-state index >= 15 is 0 Å². The van der Waals surface area contributed by atoms with Crippen molar-refractivity contribution in [1.29, 1.82) is 0 Å². The van der Waals surface area contributed by atoms with Gasteiger partial charge in [0.2, 0.25) is 0 Å². The van der Waals surface area contributed by atoms with Crippen molar-refractivity contribution in [2.24, 2.45) is 5.84 Å². The molecule has 1 atom stereocenters. The van der Waals surface area contributed by atoms with Gasteiger partial charge < -0.3 is 4.42 Å². The van der Waals surface area contributed by atoms with E-state index < -0.39 is 5.82 Å². The van der Waals surface area contributed by atoms with Gasteiger partial charge >= 0.3 is 0 Å². The van der Waals surface area contributed by atoms with Crippen molar-refractivity contribution in [2.45, 2.75) is 19.4 Å². The molecule has 1 aromatic carbocycles. The number of nitrogens with two attached hydrogens (primary N) is 1. The van der Waals surface area contributed by atoms with Crippen molar-refractivity contribution >= 4 is 11.6 Å². The van der Waals surface area contributed by atoms with Crippen LogP contribution in [0.1, 0.15) is 22.9 Å². The van der Waals surface area contributed by atoms with Gasteiger partial charge in [0.1, 0.15) is 11.6 Å². The second-order valence-electron chi connectivity index (χ2n) is 4.10. The minimum absolute atomic E-state index is 0.0923. The Morgan fingerprint density at radius 2 is 2.22 bits per heavy atom. The van der Waals surface area contributed by atoms with E-state index in [-0.39, 0.29) is 11.1 Å². The van der Waals surface area contributed by atoms with Crippen LogP contribution in [-0.4, -0.2) is 0 Å². The summed E-state index contributed by atoms with van der Waals surface area (Å²) in [4.78, 5) is 0. The van der Waals surface area contributed by atoms with Crippen molar-refractivity contribution in [3.05, 3.63) is 58.3 Å². The molecular formula is C13H14ClFN2O. The first-order chi connectivity index (χ1) is 8.61. The molecule has 0 amide bonds. The molecule has 0 spiro atoms. The van der Waals surface area contributed by atoms with E-state index in [1.165, 1.54) is 6.07 Å². The van der Waals surface area contributed by atoms with Crippen LogP contribution in [0, 0.1) is 12.7 Å². The highest BCUT2D eigenvalue weighted by molar-refractivity contribution is 6.30. The topological polar surface area (TPSA) is 51.2 Å². The molecule has 0 aliphatic carbocycles. The summed E-state index contributed by atoms with van der Waals surface area (Å²) in [6, 6.07) is 6.43. The minimum Gasteiger partial charge on any atom is -0.469 e. The molecule has 0 saturated heterocycles. The standard InChI is InChI=1S/C13H14ClFN2O/c1-8-10(4-5-18-8)13(17-16)7-9-2-3-12(15)11(14)6-9/h2-6,13,17H,7,16H2,1H3. The van der Waals surface area contributed by atoms with Gasteiger partial charge in [-0.15, -0.1) is 0 Å². The molecule has 1 heterocycles. The van der Waals surface area contributed by atoms with Crippen molar-refractivity contribution in [3.63, 3.8) is 0 Å². The predicted octanol–water partition coefficient (Wildman–Crippen LogP) is 3.13. The van der Waals surface area contributed by atoms with Crippen LogP contribution in [0.15, 0.2) is 34.9 Å². The van der Waals surface area contributed by atoms with E-state index in [4.69, 9.17) is 21.9 Å². The monoisotopic (exact) mass is 268 g/mol. The SMILES string of the molecule is Cc1occc1C(Cc1ccc(F)c(Cl)c1)NN. The number of nitrogens with one attached hydrogen (secondary N) is 1. The van der Waals surface area contributed by atoms with Crippen LogP contribution in [0.25, 0.3) is 0 Å². The molecular weight excluding hydrogens is 255 g/mol. The summed E-state index contributed by atoms with van der Waals surface area (Å²) >= 11 is 5.75. The first-order valence-corrected chi connectivity index (χ1v) is 5.93. The van der Waals surface area contributed by atoms with Crippen molar-refractivity contribution in [1.82, 2.24) is 5.43 Å². The molecule has 96 valence electrons. The molecule has 3 nitrogen and oxygen atoms in total. The Labute approximate surface area is 110 Å². The summed E-state index contributed by atoms with van der Waals surface area (Å²) in [5, 5.41) is 0.118. The Balaban J connectivity index is 2.20. The quantitative estimate of drug-likeness (QED) is 0.662. The van der Waals surface area contributed by atoms with Crippen LogP contribution in [-0.2, 0) is 6.42 Å². The Morgan fingerprint density at radius 3 is 2.78 bits per heavy atom. The summed E-state index contributed by atoms with van der Waals surface area (Å²) < 4.78 is 18.3. The molecule has 1 aromatic heterocycles. The average Bonchev–Trinajstić information content (AvgIpc) is 2.77. The summed E-state index contributed by atoms with van der Waals surface area (Å²) in [6.07, 6.45) is 2.23. The van der Waals surface area contributed by atoms with Crippen molar-refractivity contribution in [2.75, 3.05) is 0 Å². The van der Waals surface area contributed by atoms with E-state index in [1.807, 2.05) is 13.0 Å². The van der Waals surface area contributed by atoms with Gasteiger partial charge in [-0.1, -0.05) is 17.7 Å². The largest absolute Gasteiger partial charge is 0.469 e. The molecule has 2 aromatic rings. The second-order valence-corrected chi connectivity index (χ2v) is 4.51. The molecule has 0 aliphatic heterocycles. The lowest BCUT2D eigenvalue weighted by molar-refractivity contribution is 0.501. The average molecular weight is 269 g/mol. The van der Waals surface area contributed by atoms with Crippen molar-refractivity contribution in [3.8, 4) is 0 Å². The van der Waals surface area contributed by atoms with E-state index in [0.717, 1.165) is 16.9 Å². The Kier molecular flexibility index (Phi) is 4.01. The van der Waals surface area contributed by atoms with Gasteiger partial charge in [-0.2, -0.15) is 0 Å². The molecule has 3 N–H and O–H groups in total. The molecule has 2 rings (SSSR count). The third-order valence-electron chi connectivity index (χ3n) is 2.90. The van der Waals surface area contributed by atoms with Crippen molar-refractivity contribution < 1.29 is 8.81 Å². The van der Waals surface area contributed by atoms with Gasteiger partial charge in [-0.25, -0.2) is 4.39 Å². The highest BCUT2D eigenvalue weighted by Gasteiger charge is 2.15.